The third-order valence-corrected chi connectivity index (χ3v) is 5.71. The van der Waals surface area contributed by atoms with E-state index >= 15 is 0 Å². The van der Waals surface area contributed by atoms with Crippen molar-refractivity contribution < 1.29 is 9.72 Å². The van der Waals surface area contributed by atoms with Crippen LogP contribution in [0.1, 0.15) is 43.5 Å². The third-order valence-electron chi connectivity index (χ3n) is 5.71. The fourth-order valence-corrected chi connectivity index (χ4v) is 4.65. The molecule has 0 aliphatic carbocycles. The molecule has 3 rings (SSSR count). The van der Waals surface area contributed by atoms with E-state index in [1.54, 1.807) is 12.1 Å². The number of hydrogen-bond donors (Lipinski definition) is 1. The Kier molecular flexibility index (Phi) is 5.99. The first-order valence-corrected chi connectivity index (χ1v) is 9.89. The van der Waals surface area contributed by atoms with Crippen LogP contribution < -0.4 is 10.2 Å². The van der Waals surface area contributed by atoms with Crippen LogP contribution >= 0.6 is 0 Å². The topological polar surface area (TPSA) is 78.7 Å². The molecule has 0 spiro atoms. The molecule has 148 valence electrons. The zero-order chi connectivity index (χ0) is 19.6. The molecule has 0 bridgehead atoms. The van der Waals surface area contributed by atoms with Crippen LogP contribution in [0.25, 0.3) is 0 Å². The summed E-state index contributed by atoms with van der Waals surface area (Å²) in [6, 6.07) is 5.14. The van der Waals surface area contributed by atoms with E-state index in [2.05, 4.69) is 24.1 Å². The second-order valence-electron chi connectivity index (χ2n) is 8.16. The molecule has 1 aromatic carbocycles. The number of rotatable bonds is 5. The summed E-state index contributed by atoms with van der Waals surface area (Å²) in [5.74, 6) is 0.894. The van der Waals surface area contributed by atoms with Crippen LogP contribution in [-0.2, 0) is 0 Å². The van der Waals surface area contributed by atoms with Gasteiger partial charge in [0, 0.05) is 43.9 Å². The Morgan fingerprint density at radius 1 is 1.30 bits per heavy atom. The number of hydrogen-bond acceptors (Lipinski definition) is 5. The molecule has 7 heteroatoms. The minimum absolute atomic E-state index is 0.0338. The fraction of sp³-hybridized carbons (Fsp3) is 0.650. The average Bonchev–Trinajstić information content (AvgIpc) is 3.08. The van der Waals surface area contributed by atoms with Gasteiger partial charge in [-0.25, -0.2) is 0 Å². The van der Waals surface area contributed by atoms with Crippen molar-refractivity contribution in [1.82, 2.24) is 10.2 Å². The highest BCUT2D eigenvalue weighted by Crippen LogP contribution is 2.34. The monoisotopic (exact) mass is 374 g/mol. The van der Waals surface area contributed by atoms with Crippen LogP contribution in [0.4, 0.5) is 11.4 Å². The molecule has 2 aliphatic rings. The van der Waals surface area contributed by atoms with Crippen molar-refractivity contribution in [2.75, 3.05) is 38.1 Å². The number of nitrogens with zero attached hydrogens (tertiary/aromatic N) is 3. The van der Waals surface area contributed by atoms with Crippen LogP contribution in [0.5, 0.6) is 0 Å². The van der Waals surface area contributed by atoms with E-state index < -0.39 is 0 Å². The van der Waals surface area contributed by atoms with Gasteiger partial charge in [-0.1, -0.05) is 13.8 Å². The smallest absolute Gasteiger partial charge is 0.293 e. The molecule has 7 nitrogen and oxygen atoms in total. The lowest BCUT2D eigenvalue weighted by Gasteiger charge is -2.36. The molecule has 3 atom stereocenters. The van der Waals surface area contributed by atoms with Crippen LogP contribution in [0, 0.1) is 22.0 Å². The molecule has 1 N–H and O–H groups in total. The number of likely N-dealkylation sites (tertiary alicyclic amines) is 1. The van der Waals surface area contributed by atoms with Crippen LogP contribution in [0.3, 0.4) is 0 Å². The van der Waals surface area contributed by atoms with Crippen LogP contribution in [-0.4, -0.2) is 55.0 Å². The lowest BCUT2D eigenvalue weighted by molar-refractivity contribution is -0.384. The second-order valence-corrected chi connectivity index (χ2v) is 8.16. The highest BCUT2D eigenvalue weighted by atomic mass is 16.6. The minimum Gasteiger partial charge on any atom is -0.365 e. The van der Waals surface area contributed by atoms with E-state index in [1.807, 2.05) is 11.9 Å². The minimum atomic E-state index is -0.356. The van der Waals surface area contributed by atoms with Crippen LogP contribution in [0.15, 0.2) is 18.2 Å². The summed E-state index contributed by atoms with van der Waals surface area (Å²) in [5, 5.41) is 14.9. The number of benzene rings is 1. The summed E-state index contributed by atoms with van der Waals surface area (Å²) in [7, 11) is 1.88. The maximum absolute atomic E-state index is 13.0. The molecule has 0 saturated carbocycles. The van der Waals surface area contributed by atoms with Gasteiger partial charge in [0.1, 0.15) is 5.69 Å². The standard InChI is InChI=1S/C20H30N4O3/c1-14-9-15(2)13-22(12-14)18-7-6-16(10-19(18)24(26)27)20(25)23-8-4-5-17(23)11-21-3/h6-7,10,14-15,17,21H,4-5,8-9,11-13H2,1-3H3. The first-order valence-electron chi connectivity index (χ1n) is 9.89. The Balaban J connectivity index is 1.87. The predicted octanol–water partition coefficient (Wildman–Crippen LogP) is 2.90. The van der Waals surface area contributed by atoms with E-state index in [0.717, 1.165) is 38.9 Å². The van der Waals surface area contributed by atoms with Crippen molar-refractivity contribution in [2.24, 2.45) is 11.8 Å². The third kappa shape index (κ3) is 4.24. The predicted molar refractivity (Wildman–Crippen MR) is 106 cm³/mol. The maximum Gasteiger partial charge on any atom is 0.293 e. The van der Waals surface area contributed by atoms with Crippen LogP contribution in [0.2, 0.25) is 0 Å². The van der Waals surface area contributed by atoms with Gasteiger partial charge in [-0.15, -0.1) is 0 Å². The van der Waals surface area contributed by atoms with Gasteiger partial charge in [-0.2, -0.15) is 0 Å². The Bertz CT molecular complexity index is 698. The molecule has 2 aliphatic heterocycles. The zero-order valence-corrected chi connectivity index (χ0v) is 16.5. The molecule has 1 aromatic rings. The van der Waals surface area contributed by atoms with Gasteiger partial charge in [-0.3, -0.25) is 14.9 Å². The van der Waals surface area contributed by atoms with Gasteiger partial charge in [0.15, 0.2) is 0 Å². The van der Waals surface area contributed by atoms with Crippen molar-refractivity contribution in [1.29, 1.82) is 0 Å². The van der Waals surface area contributed by atoms with E-state index in [9.17, 15) is 14.9 Å². The molecule has 2 fully saturated rings. The van der Waals surface area contributed by atoms with Gasteiger partial charge in [0.05, 0.1) is 4.92 Å². The summed E-state index contributed by atoms with van der Waals surface area (Å²) < 4.78 is 0. The van der Waals surface area contributed by atoms with Gasteiger partial charge >= 0.3 is 0 Å². The summed E-state index contributed by atoms with van der Waals surface area (Å²) in [5.41, 5.74) is 1.07. The number of nitro benzene ring substituents is 1. The van der Waals surface area contributed by atoms with Gasteiger partial charge in [0.2, 0.25) is 0 Å². The van der Waals surface area contributed by atoms with Crippen molar-refractivity contribution in [3.8, 4) is 0 Å². The molecule has 1 amide bonds. The Hall–Kier alpha value is -2.15. The summed E-state index contributed by atoms with van der Waals surface area (Å²) in [6.45, 7) is 7.45. The van der Waals surface area contributed by atoms with Gasteiger partial charge in [-0.05, 0) is 50.3 Å². The van der Waals surface area contributed by atoms with E-state index in [1.165, 1.54) is 6.07 Å². The first kappa shape index (κ1) is 19.6. The highest BCUT2D eigenvalue weighted by Gasteiger charge is 2.31. The molecular formula is C20H30N4O3. The van der Waals surface area contributed by atoms with E-state index in [-0.39, 0.29) is 22.6 Å². The number of anilines is 1. The quantitative estimate of drug-likeness (QED) is 0.633. The fourth-order valence-electron chi connectivity index (χ4n) is 4.65. The lowest BCUT2D eigenvalue weighted by atomic mass is 9.91. The molecular weight excluding hydrogens is 344 g/mol. The van der Waals surface area contributed by atoms with Crippen molar-refractivity contribution in [2.45, 2.75) is 39.2 Å². The maximum atomic E-state index is 13.0. The number of nitro groups is 1. The largest absolute Gasteiger partial charge is 0.365 e. The lowest BCUT2D eigenvalue weighted by Crippen LogP contribution is -2.41. The Labute approximate surface area is 160 Å². The summed E-state index contributed by atoms with van der Waals surface area (Å²) >= 11 is 0. The molecule has 3 unspecified atom stereocenters. The molecule has 2 heterocycles. The molecule has 2 saturated heterocycles. The summed E-state index contributed by atoms with van der Waals surface area (Å²) in [4.78, 5) is 28.3. The highest BCUT2D eigenvalue weighted by molar-refractivity contribution is 5.96. The second kappa shape index (κ2) is 8.25. The van der Waals surface area contributed by atoms with Gasteiger partial charge < -0.3 is 15.1 Å². The van der Waals surface area contributed by atoms with Crippen molar-refractivity contribution >= 4 is 17.3 Å². The molecule has 0 radical (unpaired) electrons. The van der Waals surface area contributed by atoms with E-state index in [0.29, 0.717) is 29.6 Å². The summed E-state index contributed by atoms with van der Waals surface area (Å²) in [6.07, 6.45) is 3.08. The number of carbonyl (C=O) groups excluding carboxylic acids is 1. The number of nitrogens with one attached hydrogen (secondary N) is 1. The number of carbonyl (C=O) groups is 1. The Morgan fingerprint density at radius 3 is 2.63 bits per heavy atom. The number of likely N-dealkylation sites (N-methyl/N-ethyl adjacent to an activating group) is 1. The van der Waals surface area contributed by atoms with Gasteiger partial charge in [0.25, 0.3) is 11.6 Å². The van der Waals surface area contributed by atoms with Crippen molar-refractivity contribution in [3.63, 3.8) is 0 Å². The first-order chi connectivity index (χ1) is 12.9. The molecule has 0 aromatic heterocycles. The van der Waals surface area contributed by atoms with E-state index in [4.69, 9.17) is 0 Å². The SMILES string of the molecule is CNCC1CCCN1C(=O)c1ccc(N2CC(C)CC(C)C2)c([N+](=O)[O-])c1. The molecule has 27 heavy (non-hydrogen) atoms. The Morgan fingerprint density at radius 2 is 2.00 bits per heavy atom. The number of amides is 1. The van der Waals surface area contributed by atoms with Crippen molar-refractivity contribution in [3.05, 3.63) is 33.9 Å². The number of piperidine rings is 1. The normalized spacial score (nSPS) is 25.7. The zero-order valence-electron chi connectivity index (χ0n) is 16.5. The average molecular weight is 374 g/mol.